The summed E-state index contributed by atoms with van der Waals surface area (Å²) in [4.78, 5) is 5.56. The van der Waals surface area contributed by atoms with Crippen LogP contribution < -0.4 is 25.5 Å². The van der Waals surface area contributed by atoms with Crippen LogP contribution in [0.3, 0.4) is 0 Å². The zero-order chi connectivity index (χ0) is 50.0. The number of nitrogens with zero attached hydrogens (tertiary/aromatic N) is 2. The third kappa shape index (κ3) is 6.48. The van der Waals surface area contributed by atoms with Crippen molar-refractivity contribution in [2.24, 2.45) is 0 Å². The summed E-state index contributed by atoms with van der Waals surface area (Å²) in [5, 5.41) is 1.43. The molecular formula is C66H81BN2S. The van der Waals surface area contributed by atoms with Crippen molar-refractivity contribution < 1.29 is 0 Å². The highest BCUT2D eigenvalue weighted by atomic mass is 32.1. The van der Waals surface area contributed by atoms with E-state index in [2.05, 4.69) is 212 Å². The van der Waals surface area contributed by atoms with Crippen LogP contribution in [0.25, 0.3) is 10.1 Å². The van der Waals surface area contributed by atoms with Crippen molar-refractivity contribution in [3.8, 4) is 0 Å². The SMILES string of the molecule is Cc1cc2c3c(c1)N(c1ccc4c(c1)C(C)(C)CCC4(C)C)c1c(sc4cc5c(cc14)C(C)(C)CCC5(C)C)B3c1cc3c(cc1N2c1cc2c(cc1C)C(C)(C)CCC2(C)C)C(C)(C)CCC3(C)C. The number of rotatable bonds is 2. The molecule has 4 heteroatoms. The maximum absolute atomic E-state index is 2.78. The van der Waals surface area contributed by atoms with E-state index in [1.165, 1.54) is 150 Å². The Morgan fingerprint density at radius 1 is 0.400 bits per heavy atom. The van der Waals surface area contributed by atoms with Crippen molar-refractivity contribution in [2.45, 2.75) is 219 Å². The number of benzene rings is 5. The number of aryl methyl sites for hydroxylation is 2. The van der Waals surface area contributed by atoms with Gasteiger partial charge in [-0.15, -0.1) is 11.3 Å². The molecule has 0 N–H and O–H groups in total. The Labute approximate surface area is 427 Å². The molecule has 0 unspecified atom stereocenters. The fourth-order valence-corrected chi connectivity index (χ4v) is 16.3. The van der Waals surface area contributed by atoms with Crippen LogP contribution in [0.1, 0.15) is 218 Å². The maximum Gasteiger partial charge on any atom is 0.264 e. The molecule has 0 fully saturated rings. The van der Waals surface area contributed by atoms with Crippen LogP contribution in [0.4, 0.5) is 34.1 Å². The molecular weight excluding hydrogens is 864 g/mol. The van der Waals surface area contributed by atoms with Gasteiger partial charge in [-0.25, -0.2) is 0 Å². The molecule has 1 aromatic heterocycles. The molecule has 0 saturated carbocycles. The van der Waals surface area contributed by atoms with Crippen LogP contribution in [-0.4, -0.2) is 6.71 Å². The summed E-state index contributed by atoms with van der Waals surface area (Å²) in [6.07, 6.45) is 9.62. The molecule has 0 radical (unpaired) electrons. The maximum atomic E-state index is 2.78. The minimum Gasteiger partial charge on any atom is -0.311 e. The summed E-state index contributed by atoms with van der Waals surface area (Å²) in [6.45, 7) is 44.8. The van der Waals surface area contributed by atoms with E-state index in [1.54, 1.807) is 16.7 Å². The Balaban J connectivity index is 1.23. The van der Waals surface area contributed by atoms with Gasteiger partial charge in [0.1, 0.15) is 0 Å². The molecule has 6 aliphatic rings. The molecule has 6 aromatic rings. The molecule has 4 aliphatic carbocycles. The zero-order valence-corrected chi connectivity index (χ0v) is 47.2. The second kappa shape index (κ2) is 14.3. The van der Waals surface area contributed by atoms with Gasteiger partial charge in [-0.1, -0.05) is 129 Å². The average molecular weight is 945 g/mol. The van der Waals surface area contributed by atoms with Crippen molar-refractivity contribution in [1.29, 1.82) is 0 Å². The fraction of sp³-hybridized carbons (Fsp3) is 0.515. The van der Waals surface area contributed by atoms with E-state index in [-0.39, 0.29) is 50.0 Å². The average Bonchev–Trinajstić information content (AvgIpc) is 3.65. The fourth-order valence-electron chi connectivity index (χ4n) is 14.9. The number of anilines is 6. The van der Waals surface area contributed by atoms with E-state index in [1.807, 2.05) is 0 Å². The van der Waals surface area contributed by atoms with Crippen molar-refractivity contribution in [2.75, 3.05) is 9.80 Å². The summed E-state index contributed by atoms with van der Waals surface area (Å²) in [7, 11) is 0. The number of hydrogen-bond donors (Lipinski definition) is 0. The molecule has 0 saturated heterocycles. The number of fused-ring (bicyclic) bond motifs is 10. The van der Waals surface area contributed by atoms with E-state index in [4.69, 9.17) is 0 Å². The highest BCUT2D eigenvalue weighted by molar-refractivity contribution is 7.33. The van der Waals surface area contributed by atoms with Gasteiger partial charge in [0.2, 0.25) is 0 Å². The molecule has 3 heterocycles. The van der Waals surface area contributed by atoms with E-state index in [0.29, 0.717) is 0 Å². The Kier molecular flexibility index (Phi) is 9.53. The smallest absolute Gasteiger partial charge is 0.264 e. The summed E-state index contributed by atoms with van der Waals surface area (Å²) in [5.41, 5.74) is 26.8. The quantitative estimate of drug-likeness (QED) is 0.159. The summed E-state index contributed by atoms with van der Waals surface area (Å²) in [5.74, 6) is 0. The Morgan fingerprint density at radius 3 is 1.34 bits per heavy atom. The van der Waals surface area contributed by atoms with Gasteiger partial charge >= 0.3 is 0 Å². The topological polar surface area (TPSA) is 6.48 Å². The first-order valence-corrected chi connectivity index (χ1v) is 28.1. The molecule has 5 aromatic carbocycles. The van der Waals surface area contributed by atoms with Gasteiger partial charge in [0.05, 0.1) is 5.69 Å². The van der Waals surface area contributed by atoms with Gasteiger partial charge in [0.15, 0.2) is 0 Å². The molecule has 0 atom stereocenters. The van der Waals surface area contributed by atoms with Gasteiger partial charge in [0, 0.05) is 43.3 Å². The lowest BCUT2D eigenvalue weighted by atomic mass is 9.35. The van der Waals surface area contributed by atoms with Crippen LogP contribution in [0.15, 0.2) is 66.7 Å². The molecule has 0 bridgehead atoms. The summed E-state index contributed by atoms with van der Waals surface area (Å²) >= 11 is 2.10. The first-order chi connectivity index (χ1) is 32.4. The van der Waals surface area contributed by atoms with E-state index in [9.17, 15) is 0 Å². The molecule has 70 heavy (non-hydrogen) atoms. The van der Waals surface area contributed by atoms with Crippen molar-refractivity contribution in [3.63, 3.8) is 0 Å². The predicted octanol–water partition coefficient (Wildman–Crippen LogP) is 17.0. The summed E-state index contributed by atoms with van der Waals surface area (Å²) < 4.78 is 2.94. The van der Waals surface area contributed by atoms with Crippen LogP contribution >= 0.6 is 11.3 Å². The monoisotopic (exact) mass is 945 g/mol. The van der Waals surface area contributed by atoms with E-state index < -0.39 is 0 Å². The van der Waals surface area contributed by atoms with Crippen LogP contribution in [-0.2, 0) is 43.3 Å². The van der Waals surface area contributed by atoms with Crippen molar-refractivity contribution >= 4 is 78.0 Å². The highest BCUT2D eigenvalue weighted by Gasteiger charge is 2.50. The first-order valence-electron chi connectivity index (χ1n) is 27.3. The third-order valence-electron chi connectivity index (χ3n) is 20.3. The Bertz CT molecular complexity index is 3270. The molecule has 12 rings (SSSR count). The van der Waals surface area contributed by atoms with Crippen LogP contribution in [0.2, 0.25) is 0 Å². The van der Waals surface area contributed by atoms with Crippen LogP contribution in [0, 0.1) is 13.8 Å². The second-order valence-corrected chi connectivity index (χ2v) is 30.1. The first kappa shape index (κ1) is 46.8. The van der Waals surface area contributed by atoms with Gasteiger partial charge < -0.3 is 9.80 Å². The normalized spacial score (nSPS) is 22.8. The molecule has 2 nitrogen and oxygen atoms in total. The van der Waals surface area contributed by atoms with Crippen molar-refractivity contribution in [3.05, 3.63) is 122 Å². The summed E-state index contributed by atoms with van der Waals surface area (Å²) in [6, 6.07) is 28.9. The largest absolute Gasteiger partial charge is 0.311 e. The third-order valence-corrected chi connectivity index (χ3v) is 21.5. The van der Waals surface area contributed by atoms with Gasteiger partial charge in [-0.3, -0.25) is 0 Å². The number of thiophene rings is 1. The Morgan fingerprint density at radius 2 is 0.814 bits per heavy atom. The van der Waals surface area contributed by atoms with Gasteiger partial charge in [-0.05, 0) is 224 Å². The number of hydrogen-bond acceptors (Lipinski definition) is 3. The lowest BCUT2D eigenvalue weighted by Gasteiger charge is -2.48. The van der Waals surface area contributed by atoms with Crippen LogP contribution in [0.5, 0.6) is 0 Å². The van der Waals surface area contributed by atoms with Gasteiger partial charge in [-0.2, -0.15) is 0 Å². The standard InChI is InChI=1S/C66H81BN2S/c1-38-29-53-56-54(30-38)69(51-35-47-43(31-39(51)2)60(5,6)23-26-64(47,13)14)52-36-48-46(63(11,12)25-27-65(48,15)16)34-50(52)67(56)58-57(41-33-45-49(37-55(41)70-58)66(17,18)28-24-62(45,9)10)68(53)40-19-20-42-44(32-40)61(7,8)22-21-59(42,3)4/h19-20,29-37H,21-28H2,1-18H3. The second-order valence-electron chi connectivity index (χ2n) is 29.0. The van der Waals surface area contributed by atoms with E-state index >= 15 is 0 Å². The van der Waals surface area contributed by atoms with Crippen molar-refractivity contribution in [1.82, 2.24) is 0 Å². The van der Waals surface area contributed by atoms with Gasteiger partial charge in [0.25, 0.3) is 6.71 Å². The molecule has 0 amide bonds. The molecule has 0 spiro atoms. The highest BCUT2D eigenvalue weighted by Crippen LogP contribution is 2.57. The Hall–Kier alpha value is -4.28. The molecule has 364 valence electrons. The molecule has 2 aliphatic heterocycles. The predicted molar refractivity (Wildman–Crippen MR) is 306 cm³/mol. The lowest BCUT2D eigenvalue weighted by Crippen LogP contribution is -2.61. The minimum atomic E-state index is 0.0696. The lowest BCUT2D eigenvalue weighted by molar-refractivity contribution is 0.331. The van der Waals surface area contributed by atoms with E-state index in [0.717, 1.165) is 0 Å². The minimum absolute atomic E-state index is 0.0696. The zero-order valence-electron chi connectivity index (χ0n) is 46.4.